The van der Waals surface area contributed by atoms with Gasteiger partial charge in [0.25, 0.3) is 0 Å². The lowest BCUT2D eigenvalue weighted by atomic mass is 9.93. The van der Waals surface area contributed by atoms with Gasteiger partial charge >= 0.3 is 0 Å². The zero-order chi connectivity index (χ0) is 15.5. The highest BCUT2D eigenvalue weighted by Gasteiger charge is 2.33. The molecule has 2 aliphatic rings. The van der Waals surface area contributed by atoms with E-state index >= 15 is 0 Å². The summed E-state index contributed by atoms with van der Waals surface area (Å²) >= 11 is 0. The van der Waals surface area contributed by atoms with Crippen LogP contribution in [0.1, 0.15) is 25.7 Å². The molecule has 2 atom stereocenters. The van der Waals surface area contributed by atoms with Crippen molar-refractivity contribution < 1.29 is 13.6 Å². The molecule has 3 N–H and O–H groups in total. The van der Waals surface area contributed by atoms with Crippen LogP contribution in [-0.4, -0.2) is 79.5 Å². The maximum Gasteiger partial charge on any atom is 0.153 e. The SMILES string of the molecule is CS(=O)(=O)C1CCCC(N2CCN(CC(N)=NO)CC2)C1. The molecule has 2 unspecified atom stereocenters. The fourth-order valence-corrected chi connectivity index (χ4v) is 4.55. The first-order chi connectivity index (χ1) is 9.90. The fraction of sp³-hybridized carbons (Fsp3) is 0.923. The van der Waals surface area contributed by atoms with Crippen LogP contribution >= 0.6 is 0 Å². The summed E-state index contributed by atoms with van der Waals surface area (Å²) in [6, 6.07) is 0.379. The summed E-state index contributed by atoms with van der Waals surface area (Å²) in [6.45, 7) is 4.06. The molecule has 2 rings (SSSR count). The smallest absolute Gasteiger partial charge is 0.153 e. The molecule has 0 aromatic carbocycles. The van der Waals surface area contributed by atoms with Crippen molar-refractivity contribution in [1.82, 2.24) is 9.80 Å². The summed E-state index contributed by atoms with van der Waals surface area (Å²) in [5, 5.41) is 11.4. The highest BCUT2D eigenvalue weighted by atomic mass is 32.2. The van der Waals surface area contributed by atoms with Crippen LogP contribution in [0.2, 0.25) is 0 Å². The maximum atomic E-state index is 11.7. The van der Waals surface area contributed by atoms with Crippen LogP contribution in [-0.2, 0) is 9.84 Å². The Morgan fingerprint density at radius 1 is 1.29 bits per heavy atom. The third-order valence-corrected chi connectivity index (χ3v) is 6.28. The first kappa shape index (κ1) is 16.5. The number of amidine groups is 1. The molecule has 1 heterocycles. The lowest BCUT2D eigenvalue weighted by Crippen LogP contribution is -2.53. The molecule has 1 aliphatic heterocycles. The van der Waals surface area contributed by atoms with Crippen molar-refractivity contribution in [1.29, 1.82) is 0 Å². The van der Waals surface area contributed by atoms with E-state index in [0.29, 0.717) is 12.6 Å². The van der Waals surface area contributed by atoms with E-state index in [2.05, 4.69) is 15.0 Å². The molecule has 0 radical (unpaired) electrons. The molecule has 0 bridgehead atoms. The minimum Gasteiger partial charge on any atom is -0.409 e. The van der Waals surface area contributed by atoms with E-state index in [9.17, 15) is 8.42 Å². The van der Waals surface area contributed by atoms with Crippen LogP contribution in [0.4, 0.5) is 0 Å². The second kappa shape index (κ2) is 6.93. The zero-order valence-electron chi connectivity index (χ0n) is 12.6. The lowest BCUT2D eigenvalue weighted by molar-refractivity contribution is 0.0867. The largest absolute Gasteiger partial charge is 0.409 e. The van der Waals surface area contributed by atoms with Crippen molar-refractivity contribution in [2.75, 3.05) is 39.0 Å². The molecule has 0 aromatic rings. The molecule has 1 saturated carbocycles. The summed E-state index contributed by atoms with van der Waals surface area (Å²) in [5.41, 5.74) is 5.53. The molecule has 2 fully saturated rings. The summed E-state index contributed by atoms with van der Waals surface area (Å²) < 4.78 is 23.5. The third-order valence-electron chi connectivity index (χ3n) is 4.64. The van der Waals surface area contributed by atoms with Crippen LogP contribution in [0.25, 0.3) is 0 Å². The van der Waals surface area contributed by atoms with Crippen molar-refractivity contribution >= 4 is 15.7 Å². The highest BCUT2D eigenvalue weighted by molar-refractivity contribution is 7.91. The Morgan fingerprint density at radius 3 is 2.52 bits per heavy atom. The molecular formula is C13H26N4O3S. The maximum absolute atomic E-state index is 11.7. The van der Waals surface area contributed by atoms with Gasteiger partial charge in [0.2, 0.25) is 0 Å². The van der Waals surface area contributed by atoms with Crippen LogP contribution < -0.4 is 5.73 Å². The average Bonchev–Trinajstić information content (AvgIpc) is 2.47. The molecule has 0 spiro atoms. The normalized spacial score (nSPS) is 30.4. The zero-order valence-corrected chi connectivity index (χ0v) is 13.4. The van der Waals surface area contributed by atoms with Gasteiger partial charge in [-0.25, -0.2) is 8.42 Å². The predicted molar refractivity (Wildman–Crippen MR) is 82.3 cm³/mol. The number of rotatable bonds is 4. The molecule has 122 valence electrons. The first-order valence-electron chi connectivity index (χ1n) is 7.52. The standard InChI is InChI=1S/C13H26N4O3S/c1-21(19,20)12-4-2-3-11(9-12)17-7-5-16(6-8-17)10-13(14)15-18/h11-12,18H,2-10H2,1H3,(H2,14,15). The molecule has 8 heteroatoms. The molecule has 1 saturated heterocycles. The van der Waals surface area contributed by atoms with E-state index in [-0.39, 0.29) is 11.1 Å². The van der Waals surface area contributed by atoms with Gasteiger partial charge in [-0.05, 0) is 19.3 Å². The predicted octanol–water partition coefficient (Wildman–Crippen LogP) is -0.294. The van der Waals surface area contributed by atoms with E-state index in [1.165, 1.54) is 6.26 Å². The number of nitrogens with two attached hydrogens (primary N) is 1. The number of piperazine rings is 1. The number of oxime groups is 1. The van der Waals surface area contributed by atoms with E-state index in [1.807, 2.05) is 0 Å². The van der Waals surface area contributed by atoms with Gasteiger partial charge in [0.05, 0.1) is 11.8 Å². The van der Waals surface area contributed by atoms with Gasteiger partial charge in [0.1, 0.15) is 9.84 Å². The first-order valence-corrected chi connectivity index (χ1v) is 9.47. The number of nitrogens with zero attached hydrogens (tertiary/aromatic N) is 3. The van der Waals surface area contributed by atoms with Crippen LogP contribution in [0.3, 0.4) is 0 Å². The topological polar surface area (TPSA) is 99.2 Å². The third kappa shape index (κ3) is 4.55. The van der Waals surface area contributed by atoms with Gasteiger partial charge < -0.3 is 10.9 Å². The Hall–Kier alpha value is -0.860. The summed E-state index contributed by atoms with van der Waals surface area (Å²) in [7, 11) is -2.92. The highest BCUT2D eigenvalue weighted by Crippen LogP contribution is 2.27. The van der Waals surface area contributed by atoms with E-state index in [0.717, 1.165) is 51.9 Å². The Morgan fingerprint density at radius 2 is 1.95 bits per heavy atom. The van der Waals surface area contributed by atoms with Crippen LogP contribution in [0.5, 0.6) is 0 Å². The molecule has 7 nitrogen and oxygen atoms in total. The molecule has 21 heavy (non-hydrogen) atoms. The van der Waals surface area contributed by atoms with E-state index in [1.54, 1.807) is 0 Å². The average molecular weight is 318 g/mol. The lowest BCUT2D eigenvalue weighted by Gasteiger charge is -2.42. The van der Waals surface area contributed by atoms with Crippen molar-refractivity contribution in [3.05, 3.63) is 0 Å². The summed E-state index contributed by atoms with van der Waals surface area (Å²) in [6.07, 6.45) is 5.01. The van der Waals surface area contributed by atoms with Crippen LogP contribution in [0.15, 0.2) is 5.16 Å². The van der Waals surface area contributed by atoms with Crippen LogP contribution in [0, 0.1) is 0 Å². The van der Waals surface area contributed by atoms with Crippen molar-refractivity contribution in [3.63, 3.8) is 0 Å². The Balaban J connectivity index is 1.84. The second-order valence-corrected chi connectivity index (χ2v) is 8.50. The van der Waals surface area contributed by atoms with Gasteiger partial charge in [-0.2, -0.15) is 0 Å². The fourth-order valence-electron chi connectivity index (χ4n) is 3.39. The van der Waals surface area contributed by atoms with Gasteiger partial charge in [-0.1, -0.05) is 11.6 Å². The number of hydrogen-bond donors (Lipinski definition) is 2. The second-order valence-electron chi connectivity index (χ2n) is 6.18. The minimum absolute atomic E-state index is 0.175. The van der Waals surface area contributed by atoms with E-state index < -0.39 is 9.84 Å². The van der Waals surface area contributed by atoms with Crippen molar-refractivity contribution in [2.24, 2.45) is 10.9 Å². The molecule has 0 amide bonds. The summed E-state index contributed by atoms with van der Waals surface area (Å²) in [5.74, 6) is 0.234. The summed E-state index contributed by atoms with van der Waals surface area (Å²) in [4.78, 5) is 4.56. The Labute approximate surface area is 126 Å². The number of sulfone groups is 1. The van der Waals surface area contributed by atoms with Gasteiger partial charge in [0, 0.05) is 38.5 Å². The van der Waals surface area contributed by atoms with Gasteiger partial charge in [-0.3, -0.25) is 9.80 Å². The minimum atomic E-state index is -2.92. The molecular weight excluding hydrogens is 292 g/mol. The molecule has 0 aromatic heterocycles. The van der Waals surface area contributed by atoms with Crippen molar-refractivity contribution in [2.45, 2.75) is 37.0 Å². The quantitative estimate of drug-likeness (QED) is 0.320. The van der Waals surface area contributed by atoms with Gasteiger partial charge in [0.15, 0.2) is 5.84 Å². The molecule has 1 aliphatic carbocycles. The Kier molecular flexibility index (Phi) is 5.45. The van der Waals surface area contributed by atoms with Crippen molar-refractivity contribution in [3.8, 4) is 0 Å². The number of hydrogen-bond acceptors (Lipinski definition) is 6. The van der Waals surface area contributed by atoms with Gasteiger partial charge in [-0.15, -0.1) is 0 Å². The monoisotopic (exact) mass is 318 g/mol. The van der Waals surface area contributed by atoms with E-state index in [4.69, 9.17) is 10.9 Å². The Bertz CT molecular complexity index is 472.